The maximum atomic E-state index is 12.8. The molecule has 3 rings (SSSR count). The molecule has 1 aliphatic heterocycles. The van der Waals surface area contributed by atoms with E-state index in [9.17, 15) is 4.79 Å². The third-order valence-electron chi connectivity index (χ3n) is 5.93. The van der Waals surface area contributed by atoms with Crippen LogP contribution >= 0.6 is 0 Å². The van der Waals surface area contributed by atoms with Crippen LogP contribution in [-0.2, 0) is 0 Å². The van der Waals surface area contributed by atoms with Gasteiger partial charge in [0.2, 0.25) is 0 Å². The van der Waals surface area contributed by atoms with Crippen LogP contribution in [0.4, 0.5) is 5.69 Å². The van der Waals surface area contributed by atoms with Crippen LogP contribution in [0.1, 0.15) is 70.1 Å². The maximum Gasteiger partial charge on any atom is 0.256 e. The molecule has 2 aliphatic rings. The number of nitrogens with zero attached hydrogens (tertiary/aromatic N) is 1. The van der Waals surface area contributed by atoms with Gasteiger partial charge >= 0.3 is 0 Å². The zero-order valence-corrected chi connectivity index (χ0v) is 15.1. The number of anilines is 1. The molecule has 1 heterocycles. The summed E-state index contributed by atoms with van der Waals surface area (Å²) in [4.78, 5) is 14.8. The topological polar surface area (TPSA) is 32.3 Å². The van der Waals surface area contributed by atoms with Crippen molar-refractivity contribution in [1.82, 2.24) is 4.90 Å². The van der Waals surface area contributed by atoms with E-state index in [0.717, 1.165) is 49.1 Å². The molecule has 0 aromatic heterocycles. The molecule has 1 aromatic carbocycles. The zero-order valence-electron chi connectivity index (χ0n) is 15.1. The van der Waals surface area contributed by atoms with Gasteiger partial charge in [0.15, 0.2) is 0 Å². The van der Waals surface area contributed by atoms with E-state index in [1.54, 1.807) is 0 Å². The summed E-state index contributed by atoms with van der Waals surface area (Å²) in [6, 6.07) is 7.90. The van der Waals surface area contributed by atoms with Crippen molar-refractivity contribution in [2.24, 2.45) is 11.8 Å². The van der Waals surface area contributed by atoms with Crippen molar-refractivity contribution in [2.45, 2.75) is 58.3 Å². The molecule has 2 unspecified atom stereocenters. The van der Waals surface area contributed by atoms with E-state index in [4.69, 9.17) is 0 Å². The number of fused-ring (bicyclic) bond motifs is 1. The van der Waals surface area contributed by atoms with E-state index in [1.165, 1.54) is 44.9 Å². The highest BCUT2D eigenvalue weighted by Gasteiger charge is 2.23. The lowest BCUT2D eigenvalue weighted by molar-refractivity contribution is 0.0760. The fourth-order valence-corrected chi connectivity index (χ4v) is 4.35. The molecule has 1 saturated carbocycles. The Bertz CT molecular complexity index is 548. The minimum atomic E-state index is 0. The monoisotopic (exact) mass is 330 g/mol. The Hall–Kier alpha value is -1.51. The van der Waals surface area contributed by atoms with Gasteiger partial charge in [0.1, 0.15) is 0 Å². The zero-order chi connectivity index (χ0) is 16.8. The largest absolute Gasteiger partial charge is 0.383 e. The lowest BCUT2D eigenvalue weighted by Gasteiger charge is -2.28. The number of hydrogen-bond acceptors (Lipinski definition) is 2. The Morgan fingerprint density at radius 1 is 1.17 bits per heavy atom. The highest BCUT2D eigenvalue weighted by Crippen LogP contribution is 2.31. The molecule has 1 aliphatic carbocycles. The minimum absolute atomic E-state index is 0. The quantitative estimate of drug-likeness (QED) is 0.824. The summed E-state index contributed by atoms with van der Waals surface area (Å²) in [5.41, 5.74) is 1.81. The Kier molecular flexibility index (Phi) is 6.17. The van der Waals surface area contributed by atoms with Crippen LogP contribution in [0.25, 0.3) is 0 Å². The molecule has 3 heteroatoms. The van der Waals surface area contributed by atoms with Crippen molar-refractivity contribution in [3.05, 3.63) is 29.8 Å². The number of para-hydroxylation sites is 1. The summed E-state index contributed by atoms with van der Waals surface area (Å²) in [5.74, 6) is 1.91. The van der Waals surface area contributed by atoms with E-state index < -0.39 is 0 Å². The third kappa shape index (κ3) is 4.31. The number of carbonyl (C=O) groups excluding carboxylic acids is 1. The third-order valence-corrected chi connectivity index (χ3v) is 5.93. The Labute approximate surface area is 148 Å². The van der Waals surface area contributed by atoms with Gasteiger partial charge in [0.05, 0.1) is 5.56 Å². The van der Waals surface area contributed by atoms with Crippen LogP contribution in [0.15, 0.2) is 24.3 Å². The van der Waals surface area contributed by atoms with Gasteiger partial charge in [-0.2, -0.15) is 0 Å². The van der Waals surface area contributed by atoms with Gasteiger partial charge < -0.3 is 10.2 Å². The second-order valence-electron chi connectivity index (χ2n) is 7.64. The van der Waals surface area contributed by atoms with E-state index in [-0.39, 0.29) is 7.33 Å². The van der Waals surface area contributed by atoms with Crippen LogP contribution in [0.2, 0.25) is 0 Å². The molecule has 0 saturated heterocycles. The van der Waals surface area contributed by atoms with Gasteiger partial charge in [-0.25, -0.2) is 0 Å². The van der Waals surface area contributed by atoms with Crippen LogP contribution in [-0.4, -0.2) is 30.4 Å². The molecule has 1 fully saturated rings. The second kappa shape index (κ2) is 8.55. The summed E-state index contributed by atoms with van der Waals surface area (Å²) >= 11 is 0. The number of hydrogen-bond donors (Lipinski definition) is 1. The van der Waals surface area contributed by atoms with E-state index in [0.29, 0.717) is 0 Å². The molecule has 0 radical (unpaired) electrons. The Morgan fingerprint density at radius 2 is 1.96 bits per heavy atom. The van der Waals surface area contributed by atoms with Crippen LogP contribution in [0.3, 0.4) is 0 Å². The van der Waals surface area contributed by atoms with Crippen LogP contribution in [0.5, 0.6) is 0 Å². The normalized spacial score (nSPS) is 25.2. The van der Waals surface area contributed by atoms with Crippen molar-refractivity contribution in [1.29, 1.82) is 0 Å². The molecule has 2 atom stereocenters. The van der Waals surface area contributed by atoms with E-state index >= 15 is 0 Å². The Balaban J connectivity index is 0.00000225. The maximum absolute atomic E-state index is 12.8. The smallest absolute Gasteiger partial charge is 0.256 e. The predicted octanol–water partition coefficient (Wildman–Crippen LogP) is 5.19. The second-order valence-corrected chi connectivity index (χ2v) is 7.64. The lowest BCUT2D eigenvalue weighted by atomic mass is 9.80. The first kappa shape index (κ1) is 17.3. The average molecular weight is 331 g/mol. The van der Waals surface area contributed by atoms with Gasteiger partial charge in [0, 0.05) is 26.7 Å². The van der Waals surface area contributed by atoms with Crippen molar-refractivity contribution < 1.29 is 6.22 Å². The summed E-state index contributed by atoms with van der Waals surface area (Å²) in [7, 11) is 0. The fraction of sp³-hybridized carbons (Fsp3) is 0.667. The van der Waals surface area contributed by atoms with Gasteiger partial charge in [-0.3, -0.25) is 4.79 Å². The lowest BCUT2D eigenvalue weighted by Crippen LogP contribution is -2.33. The SMILES string of the molecule is CC1CCCCCCC1CCCN1CCNc2ccccc2C1=O.[HH]. The summed E-state index contributed by atoms with van der Waals surface area (Å²) in [6.07, 6.45) is 10.8. The van der Waals surface area contributed by atoms with Crippen molar-refractivity contribution >= 4 is 11.6 Å². The van der Waals surface area contributed by atoms with Gasteiger partial charge in [-0.05, 0) is 36.8 Å². The molecule has 0 spiro atoms. The number of nitrogens with one attached hydrogen (secondary N) is 1. The van der Waals surface area contributed by atoms with Crippen LogP contribution < -0.4 is 5.32 Å². The molecular formula is C21H34N2O. The highest BCUT2D eigenvalue weighted by atomic mass is 16.2. The van der Waals surface area contributed by atoms with Gasteiger partial charge in [-0.15, -0.1) is 0 Å². The predicted molar refractivity (Wildman–Crippen MR) is 103 cm³/mol. The molecule has 1 N–H and O–H groups in total. The molecule has 0 bridgehead atoms. The van der Waals surface area contributed by atoms with E-state index in [1.807, 2.05) is 29.2 Å². The van der Waals surface area contributed by atoms with Crippen molar-refractivity contribution in [2.75, 3.05) is 25.0 Å². The molecule has 134 valence electrons. The number of benzene rings is 1. The average Bonchev–Trinajstić information content (AvgIpc) is 2.74. The first-order valence-corrected chi connectivity index (χ1v) is 9.88. The van der Waals surface area contributed by atoms with Crippen molar-refractivity contribution in [3.8, 4) is 0 Å². The van der Waals surface area contributed by atoms with Gasteiger partial charge in [-0.1, -0.05) is 57.6 Å². The summed E-state index contributed by atoms with van der Waals surface area (Å²) < 4.78 is 0. The molecule has 3 nitrogen and oxygen atoms in total. The van der Waals surface area contributed by atoms with Crippen LogP contribution in [0, 0.1) is 11.8 Å². The first-order valence-electron chi connectivity index (χ1n) is 9.88. The minimum Gasteiger partial charge on any atom is -0.383 e. The molecule has 1 amide bonds. The summed E-state index contributed by atoms with van der Waals surface area (Å²) in [6.45, 7) is 5.00. The molecular weight excluding hydrogens is 296 g/mol. The number of amides is 1. The first-order chi connectivity index (χ1) is 11.8. The Morgan fingerprint density at radius 3 is 2.83 bits per heavy atom. The summed E-state index contributed by atoms with van der Waals surface area (Å²) in [5, 5.41) is 3.39. The number of rotatable bonds is 4. The number of carbonyl (C=O) groups is 1. The molecule has 1 aromatic rings. The highest BCUT2D eigenvalue weighted by molar-refractivity contribution is 6.00. The molecule has 24 heavy (non-hydrogen) atoms. The fourth-order valence-electron chi connectivity index (χ4n) is 4.35. The van der Waals surface area contributed by atoms with Crippen molar-refractivity contribution in [3.63, 3.8) is 0 Å². The standard InChI is InChI=1S/C21H32N2O.H2/c1-17-9-4-2-3-5-10-18(17)11-8-15-23-16-14-22-20-13-7-6-12-19(20)21(23)24;/h6-7,12-13,17-18,22H,2-5,8-11,14-16H2,1H3;1H. The van der Waals surface area contributed by atoms with E-state index in [2.05, 4.69) is 12.2 Å². The van der Waals surface area contributed by atoms with Gasteiger partial charge in [0.25, 0.3) is 5.91 Å².